The molecule has 0 aliphatic heterocycles. The highest BCUT2D eigenvalue weighted by atomic mass is 19.1. The maximum atomic E-state index is 13.7. The van der Waals surface area contributed by atoms with Crippen molar-refractivity contribution in [2.45, 2.75) is 26.8 Å². The first-order valence-corrected chi connectivity index (χ1v) is 8.03. The van der Waals surface area contributed by atoms with E-state index in [0.29, 0.717) is 17.1 Å². The topological polar surface area (TPSA) is 81.9 Å². The summed E-state index contributed by atoms with van der Waals surface area (Å²) in [7, 11) is 0. The summed E-state index contributed by atoms with van der Waals surface area (Å²) in [6, 6.07) is 7.28. The molecule has 0 radical (unpaired) electrons. The smallest absolute Gasteiger partial charge is 0.322 e. The van der Waals surface area contributed by atoms with Crippen LogP contribution in [0.4, 0.5) is 10.1 Å². The van der Waals surface area contributed by atoms with Crippen molar-refractivity contribution >= 4 is 11.6 Å². The summed E-state index contributed by atoms with van der Waals surface area (Å²) in [5.74, 6) is -0.710. The minimum Gasteiger partial charge on any atom is -0.421 e. The van der Waals surface area contributed by atoms with Gasteiger partial charge in [0.15, 0.2) is 11.6 Å². The fourth-order valence-electron chi connectivity index (χ4n) is 2.40. The van der Waals surface area contributed by atoms with Crippen LogP contribution in [-0.2, 0) is 4.79 Å². The minimum atomic E-state index is -0.503. The zero-order valence-corrected chi connectivity index (χ0v) is 14.6. The van der Waals surface area contributed by atoms with Gasteiger partial charge in [0.05, 0.1) is 17.1 Å². The van der Waals surface area contributed by atoms with E-state index < -0.39 is 11.9 Å². The first-order valence-electron chi connectivity index (χ1n) is 8.03. The lowest BCUT2D eigenvalue weighted by atomic mass is 10.2. The van der Waals surface area contributed by atoms with E-state index in [1.165, 1.54) is 12.1 Å². The van der Waals surface area contributed by atoms with Gasteiger partial charge in [0.25, 0.3) is 0 Å². The Bertz CT molecular complexity index is 904. The number of aromatic nitrogens is 4. The summed E-state index contributed by atoms with van der Waals surface area (Å²) in [5, 5.41) is 6.88. The Kier molecular flexibility index (Phi) is 4.92. The van der Waals surface area contributed by atoms with Crippen LogP contribution in [-0.4, -0.2) is 25.7 Å². The van der Waals surface area contributed by atoms with E-state index in [1.807, 2.05) is 0 Å². The van der Waals surface area contributed by atoms with E-state index in [9.17, 15) is 9.18 Å². The number of halogens is 1. The molecule has 26 heavy (non-hydrogen) atoms. The van der Waals surface area contributed by atoms with E-state index in [4.69, 9.17) is 4.74 Å². The summed E-state index contributed by atoms with van der Waals surface area (Å²) >= 11 is 0. The van der Waals surface area contributed by atoms with Gasteiger partial charge in [-0.05, 0) is 39.0 Å². The van der Waals surface area contributed by atoms with Gasteiger partial charge >= 0.3 is 6.01 Å². The standard InChI is InChI=1S/C18H18FN5O2/c1-11-16(23-17(25)13(3)24-10-6-9-20-24)12(2)22-18(21-11)26-15-8-5-4-7-14(15)19/h4-10,13H,1-3H3,(H,23,25). The number of amides is 1. The second-order valence-electron chi connectivity index (χ2n) is 5.74. The largest absolute Gasteiger partial charge is 0.421 e. The van der Waals surface area contributed by atoms with Crippen LogP contribution in [0.3, 0.4) is 0 Å². The normalized spacial score (nSPS) is 11.8. The van der Waals surface area contributed by atoms with Gasteiger partial charge in [-0.25, -0.2) is 4.39 Å². The Labute approximate surface area is 149 Å². The Hall–Kier alpha value is -3.29. The fourth-order valence-corrected chi connectivity index (χ4v) is 2.40. The molecule has 1 N–H and O–H groups in total. The molecule has 3 rings (SSSR count). The van der Waals surface area contributed by atoms with Gasteiger partial charge in [-0.3, -0.25) is 9.48 Å². The summed E-state index contributed by atoms with van der Waals surface area (Å²) in [5.41, 5.74) is 1.53. The van der Waals surface area contributed by atoms with Gasteiger partial charge in [0.1, 0.15) is 6.04 Å². The molecule has 0 aliphatic rings. The van der Waals surface area contributed by atoms with Crippen LogP contribution in [0.5, 0.6) is 11.8 Å². The fraction of sp³-hybridized carbons (Fsp3) is 0.222. The molecule has 2 heterocycles. The lowest BCUT2D eigenvalue weighted by Gasteiger charge is -2.16. The molecule has 3 aromatic rings. The predicted molar refractivity (Wildman–Crippen MR) is 93.5 cm³/mol. The van der Waals surface area contributed by atoms with Crippen molar-refractivity contribution in [2.24, 2.45) is 0 Å². The second kappa shape index (κ2) is 7.30. The van der Waals surface area contributed by atoms with Crippen molar-refractivity contribution in [3.05, 3.63) is 59.9 Å². The number of anilines is 1. The van der Waals surface area contributed by atoms with Crippen molar-refractivity contribution < 1.29 is 13.9 Å². The minimum absolute atomic E-state index is 0.0169. The summed E-state index contributed by atoms with van der Waals surface area (Å²) < 4.78 is 20.7. The van der Waals surface area contributed by atoms with Crippen molar-refractivity contribution in [1.82, 2.24) is 19.7 Å². The number of carbonyl (C=O) groups is 1. The summed E-state index contributed by atoms with van der Waals surface area (Å²) in [6.45, 7) is 5.18. The molecule has 0 aliphatic carbocycles. The van der Waals surface area contributed by atoms with Crippen molar-refractivity contribution in [2.75, 3.05) is 5.32 Å². The highest BCUT2D eigenvalue weighted by molar-refractivity contribution is 5.94. The molecule has 7 nitrogen and oxygen atoms in total. The van der Waals surface area contributed by atoms with Crippen LogP contribution in [0.25, 0.3) is 0 Å². The molecule has 2 aromatic heterocycles. The molecule has 1 amide bonds. The van der Waals surface area contributed by atoms with Gasteiger partial charge in [0.2, 0.25) is 5.91 Å². The number of hydrogen-bond donors (Lipinski definition) is 1. The number of hydrogen-bond acceptors (Lipinski definition) is 5. The lowest BCUT2D eigenvalue weighted by molar-refractivity contribution is -0.119. The van der Waals surface area contributed by atoms with E-state index in [2.05, 4.69) is 20.4 Å². The molecular weight excluding hydrogens is 337 g/mol. The number of carbonyl (C=O) groups excluding carboxylic acids is 1. The van der Waals surface area contributed by atoms with Crippen LogP contribution in [0, 0.1) is 19.7 Å². The summed E-state index contributed by atoms with van der Waals surface area (Å²) in [6.07, 6.45) is 3.32. The number of benzene rings is 1. The molecule has 0 bridgehead atoms. The van der Waals surface area contributed by atoms with Crippen molar-refractivity contribution in [1.29, 1.82) is 0 Å². The number of nitrogens with one attached hydrogen (secondary N) is 1. The van der Waals surface area contributed by atoms with Crippen LogP contribution in [0.2, 0.25) is 0 Å². The number of aryl methyl sites for hydroxylation is 2. The van der Waals surface area contributed by atoms with E-state index >= 15 is 0 Å². The second-order valence-corrected chi connectivity index (χ2v) is 5.74. The molecular formula is C18H18FN5O2. The van der Waals surface area contributed by atoms with Gasteiger partial charge in [-0.15, -0.1) is 0 Å². The van der Waals surface area contributed by atoms with Crippen LogP contribution in [0.15, 0.2) is 42.7 Å². The number of ether oxygens (including phenoxy) is 1. The van der Waals surface area contributed by atoms with Gasteiger partial charge in [-0.2, -0.15) is 15.1 Å². The quantitative estimate of drug-likeness (QED) is 0.758. The Morgan fingerprint density at radius 2 is 1.88 bits per heavy atom. The third-order valence-corrected chi connectivity index (χ3v) is 3.84. The van der Waals surface area contributed by atoms with Crippen molar-refractivity contribution in [3.8, 4) is 11.8 Å². The van der Waals surface area contributed by atoms with Gasteiger partial charge in [0, 0.05) is 12.4 Å². The molecule has 1 aromatic carbocycles. The van der Waals surface area contributed by atoms with E-state index in [-0.39, 0.29) is 17.7 Å². The molecule has 0 spiro atoms. The van der Waals surface area contributed by atoms with Crippen LogP contribution >= 0.6 is 0 Å². The summed E-state index contributed by atoms with van der Waals surface area (Å²) in [4.78, 5) is 20.8. The molecule has 1 atom stereocenters. The lowest BCUT2D eigenvalue weighted by Crippen LogP contribution is -2.25. The van der Waals surface area contributed by atoms with Crippen LogP contribution < -0.4 is 10.1 Å². The monoisotopic (exact) mass is 355 g/mol. The average Bonchev–Trinajstić information content (AvgIpc) is 3.14. The predicted octanol–water partition coefficient (Wildman–Crippen LogP) is 3.42. The van der Waals surface area contributed by atoms with Crippen molar-refractivity contribution in [3.63, 3.8) is 0 Å². The van der Waals surface area contributed by atoms with Gasteiger partial charge in [-0.1, -0.05) is 12.1 Å². The van der Waals surface area contributed by atoms with E-state index in [0.717, 1.165) is 0 Å². The van der Waals surface area contributed by atoms with Gasteiger partial charge < -0.3 is 10.1 Å². The molecule has 134 valence electrons. The number of rotatable bonds is 5. The highest BCUT2D eigenvalue weighted by Gasteiger charge is 2.19. The average molecular weight is 355 g/mol. The molecule has 0 saturated heterocycles. The molecule has 0 fully saturated rings. The third-order valence-electron chi connectivity index (χ3n) is 3.84. The van der Waals surface area contributed by atoms with E-state index in [1.54, 1.807) is 56.0 Å². The number of nitrogens with zero attached hydrogens (tertiary/aromatic N) is 4. The molecule has 8 heteroatoms. The SMILES string of the molecule is Cc1nc(Oc2ccccc2F)nc(C)c1NC(=O)C(C)n1cccn1. The molecule has 1 unspecified atom stereocenters. The Morgan fingerprint density at radius 3 is 2.50 bits per heavy atom. The zero-order chi connectivity index (χ0) is 18.7. The first-order chi connectivity index (χ1) is 12.5. The Morgan fingerprint density at radius 1 is 1.19 bits per heavy atom. The maximum Gasteiger partial charge on any atom is 0.322 e. The Balaban J connectivity index is 1.79. The third kappa shape index (κ3) is 3.69. The number of para-hydroxylation sites is 1. The van der Waals surface area contributed by atoms with Crippen LogP contribution in [0.1, 0.15) is 24.4 Å². The highest BCUT2D eigenvalue weighted by Crippen LogP contribution is 2.25. The first kappa shape index (κ1) is 17.5. The zero-order valence-electron chi connectivity index (χ0n) is 14.6. The maximum absolute atomic E-state index is 13.7. The molecule has 0 saturated carbocycles.